The van der Waals surface area contributed by atoms with Gasteiger partial charge in [0.25, 0.3) is 5.56 Å². The number of hydrogen-bond acceptors (Lipinski definition) is 7. The molecule has 4 amide bonds. The summed E-state index contributed by atoms with van der Waals surface area (Å²) < 4.78 is 5.07. The fourth-order valence-electron chi connectivity index (χ4n) is 2.67. The van der Waals surface area contributed by atoms with E-state index in [1.807, 2.05) is 5.32 Å². The molecule has 0 fully saturated rings. The van der Waals surface area contributed by atoms with Gasteiger partial charge in [0, 0.05) is 12.1 Å². The highest BCUT2D eigenvalue weighted by molar-refractivity contribution is 6.04. The zero-order chi connectivity index (χ0) is 19.6. The number of carbonyl (C=O) groups excluding carboxylic acids is 3. The van der Waals surface area contributed by atoms with Crippen LogP contribution in [0.3, 0.4) is 0 Å². The maximum atomic E-state index is 12.5. The molecule has 0 saturated heterocycles. The third-order valence-corrected chi connectivity index (χ3v) is 3.87. The fourth-order valence-corrected chi connectivity index (χ4v) is 2.67. The Bertz CT molecular complexity index is 968. The molecule has 6 N–H and O–H groups in total. The maximum Gasteiger partial charge on any atom is 0.318 e. The van der Waals surface area contributed by atoms with Gasteiger partial charge in [-0.25, -0.2) is 4.79 Å². The number of carbonyl (C=O) groups is 3. The first-order chi connectivity index (χ1) is 12.9. The van der Waals surface area contributed by atoms with Crippen molar-refractivity contribution in [2.75, 3.05) is 17.7 Å². The van der Waals surface area contributed by atoms with Crippen LogP contribution in [0.2, 0.25) is 0 Å². The monoisotopic (exact) mass is 372 g/mol. The first-order valence-electron chi connectivity index (χ1n) is 7.83. The molecule has 0 bridgehead atoms. The van der Waals surface area contributed by atoms with Crippen molar-refractivity contribution in [2.45, 2.75) is 12.3 Å². The van der Waals surface area contributed by atoms with Crippen LogP contribution in [0.4, 0.5) is 22.2 Å². The fraction of sp³-hybridized carbons (Fsp3) is 0.188. The van der Waals surface area contributed by atoms with Crippen molar-refractivity contribution in [3.8, 4) is 5.75 Å². The standard InChI is InChI=1S/C16H16N6O5/c1-27-8-4-2-7(3-5-8)18-16-20-12-11(14(25)22-16)9(6-10(23)19-12)13(24)21-15(17)26/h2-5,9H,6H2,1H3,(H3,17,21,24,26)(H3,18,19,20,22,23,25)/t9-/m1/s1. The second-order valence-electron chi connectivity index (χ2n) is 5.69. The summed E-state index contributed by atoms with van der Waals surface area (Å²) in [7, 11) is 1.54. The van der Waals surface area contributed by atoms with Gasteiger partial charge in [-0.15, -0.1) is 0 Å². The number of imide groups is 1. The van der Waals surface area contributed by atoms with Crippen LogP contribution in [-0.4, -0.2) is 34.9 Å². The van der Waals surface area contributed by atoms with Crippen LogP contribution < -0.4 is 32.0 Å². The smallest absolute Gasteiger partial charge is 0.318 e. The van der Waals surface area contributed by atoms with Crippen molar-refractivity contribution in [1.29, 1.82) is 0 Å². The molecule has 3 rings (SSSR count). The molecule has 27 heavy (non-hydrogen) atoms. The molecule has 1 aromatic carbocycles. The van der Waals surface area contributed by atoms with Crippen LogP contribution in [0.25, 0.3) is 0 Å². The van der Waals surface area contributed by atoms with Gasteiger partial charge in [-0.3, -0.25) is 24.7 Å². The number of fused-ring (bicyclic) bond motifs is 1. The predicted molar refractivity (Wildman–Crippen MR) is 94.8 cm³/mol. The molecule has 1 aliphatic heterocycles. The van der Waals surface area contributed by atoms with Crippen molar-refractivity contribution in [1.82, 2.24) is 15.3 Å². The van der Waals surface area contributed by atoms with Gasteiger partial charge in [0.15, 0.2) is 0 Å². The lowest BCUT2D eigenvalue weighted by molar-refractivity contribution is -0.125. The molecule has 0 saturated carbocycles. The number of methoxy groups -OCH3 is 1. The number of primary amides is 1. The number of H-pyrrole nitrogens is 1. The summed E-state index contributed by atoms with van der Waals surface area (Å²) in [6.07, 6.45) is -0.303. The quantitative estimate of drug-likeness (QED) is 0.508. The van der Waals surface area contributed by atoms with Crippen LogP contribution in [-0.2, 0) is 9.59 Å². The molecule has 0 spiro atoms. The summed E-state index contributed by atoms with van der Waals surface area (Å²) in [4.78, 5) is 54.0. The Morgan fingerprint density at radius 1 is 1.26 bits per heavy atom. The van der Waals surface area contributed by atoms with Gasteiger partial charge in [-0.05, 0) is 24.3 Å². The minimum absolute atomic E-state index is 0.0476. The van der Waals surface area contributed by atoms with Crippen molar-refractivity contribution in [3.05, 3.63) is 40.2 Å². The van der Waals surface area contributed by atoms with Gasteiger partial charge in [-0.2, -0.15) is 4.98 Å². The molecule has 0 aliphatic carbocycles. The van der Waals surface area contributed by atoms with E-state index in [1.165, 1.54) is 0 Å². The van der Waals surface area contributed by atoms with E-state index in [9.17, 15) is 19.2 Å². The van der Waals surface area contributed by atoms with Gasteiger partial charge in [-0.1, -0.05) is 0 Å². The zero-order valence-corrected chi connectivity index (χ0v) is 14.2. The Balaban J connectivity index is 1.93. The van der Waals surface area contributed by atoms with Crippen molar-refractivity contribution in [3.63, 3.8) is 0 Å². The van der Waals surface area contributed by atoms with Crippen LogP contribution in [0, 0.1) is 0 Å². The number of hydrogen-bond donors (Lipinski definition) is 5. The molecule has 1 aromatic heterocycles. The van der Waals surface area contributed by atoms with Crippen molar-refractivity contribution < 1.29 is 19.1 Å². The number of nitrogens with zero attached hydrogens (tertiary/aromatic N) is 1. The van der Waals surface area contributed by atoms with E-state index >= 15 is 0 Å². The number of urea groups is 1. The van der Waals surface area contributed by atoms with Crippen LogP contribution in [0.5, 0.6) is 5.75 Å². The Hall–Kier alpha value is -3.89. The first-order valence-corrected chi connectivity index (χ1v) is 7.83. The van der Waals surface area contributed by atoms with Gasteiger partial charge >= 0.3 is 6.03 Å². The molecule has 0 radical (unpaired) electrons. The maximum absolute atomic E-state index is 12.5. The van der Waals surface area contributed by atoms with Crippen LogP contribution in [0.15, 0.2) is 29.1 Å². The number of ether oxygens (including phenoxy) is 1. The molecule has 1 aliphatic rings. The molecule has 1 atom stereocenters. The van der Waals surface area contributed by atoms with E-state index in [4.69, 9.17) is 10.5 Å². The highest BCUT2D eigenvalue weighted by Crippen LogP contribution is 2.29. The van der Waals surface area contributed by atoms with Gasteiger partial charge in [0.1, 0.15) is 11.6 Å². The van der Waals surface area contributed by atoms with E-state index in [1.54, 1.807) is 31.4 Å². The number of aromatic nitrogens is 2. The van der Waals surface area contributed by atoms with E-state index in [0.717, 1.165) is 0 Å². The Labute approximate surface area is 152 Å². The highest BCUT2D eigenvalue weighted by atomic mass is 16.5. The normalized spacial score (nSPS) is 15.3. The average Bonchev–Trinajstić information content (AvgIpc) is 2.60. The largest absolute Gasteiger partial charge is 0.497 e. The van der Waals surface area contributed by atoms with Crippen molar-refractivity contribution >= 4 is 35.3 Å². The molecule has 2 heterocycles. The van der Waals surface area contributed by atoms with Gasteiger partial charge < -0.3 is 21.1 Å². The minimum atomic E-state index is -1.17. The second kappa shape index (κ2) is 7.15. The molecular weight excluding hydrogens is 356 g/mol. The van der Waals surface area contributed by atoms with Gasteiger partial charge in [0.05, 0.1) is 18.6 Å². The predicted octanol–water partition coefficient (Wildman–Crippen LogP) is 0.143. The molecule has 0 unspecified atom stereocenters. The Morgan fingerprint density at radius 2 is 1.96 bits per heavy atom. The minimum Gasteiger partial charge on any atom is -0.497 e. The molecule has 11 heteroatoms. The van der Waals surface area contributed by atoms with Gasteiger partial charge in [0.2, 0.25) is 17.8 Å². The topological polar surface area (TPSA) is 168 Å². The number of nitrogens with one attached hydrogen (secondary N) is 4. The average molecular weight is 372 g/mol. The van der Waals surface area contributed by atoms with Crippen LogP contribution in [0.1, 0.15) is 17.9 Å². The first kappa shape index (κ1) is 17.9. The second-order valence-corrected chi connectivity index (χ2v) is 5.69. The molecular formula is C16H16N6O5. The molecule has 140 valence electrons. The van der Waals surface area contributed by atoms with E-state index in [-0.39, 0.29) is 23.8 Å². The van der Waals surface area contributed by atoms with E-state index < -0.39 is 29.3 Å². The van der Waals surface area contributed by atoms with E-state index in [2.05, 4.69) is 20.6 Å². The van der Waals surface area contributed by atoms with Crippen LogP contribution >= 0.6 is 0 Å². The number of benzene rings is 1. The number of anilines is 3. The zero-order valence-electron chi connectivity index (χ0n) is 14.2. The number of rotatable bonds is 4. The summed E-state index contributed by atoms with van der Waals surface area (Å²) >= 11 is 0. The SMILES string of the molecule is COc1ccc(Nc2nc3c(c(=O)[nH]2)[C@H](C(=O)NC(N)=O)CC(=O)N3)cc1. The van der Waals surface area contributed by atoms with Crippen molar-refractivity contribution in [2.24, 2.45) is 5.73 Å². The lowest BCUT2D eigenvalue weighted by Crippen LogP contribution is -2.43. The summed E-state index contributed by atoms with van der Waals surface area (Å²) in [5.74, 6) is -1.87. The number of aromatic amines is 1. The Morgan fingerprint density at radius 3 is 2.59 bits per heavy atom. The lowest BCUT2D eigenvalue weighted by atomic mass is 9.92. The lowest BCUT2D eigenvalue weighted by Gasteiger charge is -2.23. The number of amides is 4. The number of nitrogens with two attached hydrogens (primary N) is 1. The Kier molecular flexibility index (Phi) is 4.75. The third-order valence-electron chi connectivity index (χ3n) is 3.87. The summed E-state index contributed by atoms with van der Waals surface area (Å²) in [5, 5.41) is 7.22. The molecule has 11 nitrogen and oxygen atoms in total. The highest BCUT2D eigenvalue weighted by Gasteiger charge is 2.35. The summed E-state index contributed by atoms with van der Waals surface area (Å²) in [6.45, 7) is 0. The summed E-state index contributed by atoms with van der Waals surface area (Å²) in [5.41, 5.74) is 4.87. The van der Waals surface area contributed by atoms with E-state index in [0.29, 0.717) is 11.4 Å². The third kappa shape index (κ3) is 3.86. The molecule has 2 aromatic rings. The summed E-state index contributed by atoms with van der Waals surface area (Å²) in [6, 6.07) is 5.77.